The van der Waals surface area contributed by atoms with E-state index in [1.54, 1.807) is 6.92 Å². The lowest BCUT2D eigenvalue weighted by Gasteiger charge is -2.26. The number of hydrogen-bond acceptors (Lipinski definition) is 3. The third kappa shape index (κ3) is 4.16. The number of benzene rings is 2. The van der Waals surface area contributed by atoms with Gasteiger partial charge in [-0.25, -0.2) is 17.2 Å². The van der Waals surface area contributed by atoms with Crippen LogP contribution in [-0.2, 0) is 9.84 Å². The van der Waals surface area contributed by atoms with Crippen LogP contribution < -0.4 is 0 Å². The smallest absolute Gasteiger partial charge is 0.255 e. The summed E-state index contributed by atoms with van der Waals surface area (Å²) >= 11 is 6.03. The Morgan fingerprint density at radius 1 is 1.12 bits per heavy atom. The Balaban J connectivity index is 2.37. The third-order valence-electron chi connectivity index (χ3n) is 3.92. The fourth-order valence-corrected chi connectivity index (χ4v) is 3.11. The molecule has 2 aromatic rings. The van der Waals surface area contributed by atoms with Gasteiger partial charge in [0.2, 0.25) is 0 Å². The van der Waals surface area contributed by atoms with Gasteiger partial charge in [-0.2, -0.15) is 0 Å². The van der Waals surface area contributed by atoms with Crippen LogP contribution in [-0.4, -0.2) is 32.5 Å². The molecule has 2 rings (SSSR count). The van der Waals surface area contributed by atoms with E-state index in [0.717, 1.165) is 18.4 Å². The summed E-state index contributed by atoms with van der Waals surface area (Å²) in [7, 11) is -2.03. The van der Waals surface area contributed by atoms with Gasteiger partial charge in [0.05, 0.1) is 21.5 Å². The monoisotopic (exact) mass is 387 g/mol. The van der Waals surface area contributed by atoms with Gasteiger partial charge >= 0.3 is 0 Å². The average Bonchev–Trinajstić information content (AvgIpc) is 2.54. The van der Waals surface area contributed by atoms with Crippen molar-refractivity contribution in [3.05, 3.63) is 64.2 Å². The SMILES string of the molecule is CC(c1ccc(F)c(F)c1)N(C)C(=O)c1cc(S(C)(=O)=O)ccc1Cl. The molecule has 0 aliphatic carbocycles. The van der Waals surface area contributed by atoms with Crippen LogP contribution in [0.2, 0.25) is 5.02 Å². The Bertz CT molecular complexity index is 931. The molecule has 2 aromatic carbocycles. The van der Waals surface area contributed by atoms with E-state index < -0.39 is 33.4 Å². The number of carbonyl (C=O) groups excluding carboxylic acids is 1. The number of halogens is 3. The van der Waals surface area contributed by atoms with Gasteiger partial charge in [0, 0.05) is 13.3 Å². The first-order valence-corrected chi connectivity index (χ1v) is 9.51. The zero-order chi connectivity index (χ0) is 18.9. The van der Waals surface area contributed by atoms with Gasteiger partial charge in [0.25, 0.3) is 5.91 Å². The molecule has 0 saturated carbocycles. The lowest BCUT2D eigenvalue weighted by atomic mass is 10.1. The Hall–Kier alpha value is -1.99. The van der Waals surface area contributed by atoms with Gasteiger partial charge < -0.3 is 4.90 Å². The van der Waals surface area contributed by atoms with Gasteiger partial charge in [-0.05, 0) is 42.8 Å². The van der Waals surface area contributed by atoms with E-state index in [0.29, 0.717) is 5.56 Å². The predicted octanol–water partition coefficient (Wildman–Crippen LogP) is 3.85. The molecule has 1 unspecified atom stereocenters. The summed E-state index contributed by atoms with van der Waals surface area (Å²) in [4.78, 5) is 13.9. The normalized spacial score (nSPS) is 12.7. The van der Waals surface area contributed by atoms with Gasteiger partial charge in [0.1, 0.15) is 0 Å². The van der Waals surface area contributed by atoms with Crippen molar-refractivity contribution in [2.75, 3.05) is 13.3 Å². The predicted molar refractivity (Wildman–Crippen MR) is 91.4 cm³/mol. The standard InChI is InChI=1S/C17H16ClF2NO3S/c1-10(11-4-7-15(19)16(20)8-11)21(2)17(22)13-9-12(25(3,23)24)5-6-14(13)18/h4-10H,1-3H3. The Morgan fingerprint density at radius 3 is 2.32 bits per heavy atom. The summed E-state index contributed by atoms with van der Waals surface area (Å²) in [5.74, 6) is -2.52. The molecule has 0 saturated heterocycles. The Kier molecular flexibility index (Phi) is 5.49. The summed E-state index contributed by atoms with van der Waals surface area (Å²) in [5, 5.41) is 0.0988. The maximum atomic E-state index is 13.4. The molecule has 0 heterocycles. The molecule has 0 N–H and O–H groups in total. The van der Waals surface area contributed by atoms with E-state index in [1.165, 1.54) is 36.2 Å². The minimum atomic E-state index is -3.50. The second kappa shape index (κ2) is 7.09. The van der Waals surface area contributed by atoms with E-state index in [1.807, 2.05) is 0 Å². The van der Waals surface area contributed by atoms with E-state index in [2.05, 4.69) is 0 Å². The maximum absolute atomic E-state index is 13.4. The zero-order valence-corrected chi connectivity index (χ0v) is 15.3. The van der Waals surface area contributed by atoms with Crippen LogP contribution in [0.3, 0.4) is 0 Å². The second-order valence-electron chi connectivity index (χ2n) is 5.68. The minimum Gasteiger partial charge on any atom is -0.335 e. The largest absolute Gasteiger partial charge is 0.335 e. The third-order valence-corrected chi connectivity index (χ3v) is 5.36. The first-order chi connectivity index (χ1) is 11.5. The average molecular weight is 388 g/mol. The molecule has 8 heteroatoms. The molecule has 0 spiro atoms. The van der Waals surface area contributed by atoms with Crippen LogP contribution >= 0.6 is 11.6 Å². The molecule has 0 bridgehead atoms. The highest BCUT2D eigenvalue weighted by Gasteiger charge is 2.23. The fraction of sp³-hybridized carbons (Fsp3) is 0.235. The highest BCUT2D eigenvalue weighted by Crippen LogP contribution is 2.26. The van der Waals surface area contributed by atoms with Gasteiger partial charge in [-0.15, -0.1) is 0 Å². The lowest BCUT2D eigenvalue weighted by molar-refractivity contribution is 0.0742. The van der Waals surface area contributed by atoms with Crippen molar-refractivity contribution in [2.24, 2.45) is 0 Å². The molecular formula is C17H16ClF2NO3S. The molecule has 0 radical (unpaired) electrons. The highest BCUT2D eigenvalue weighted by atomic mass is 35.5. The van der Waals surface area contributed by atoms with Gasteiger partial charge in [-0.3, -0.25) is 4.79 Å². The lowest BCUT2D eigenvalue weighted by Crippen LogP contribution is -2.30. The van der Waals surface area contributed by atoms with Crippen molar-refractivity contribution in [3.8, 4) is 0 Å². The molecule has 134 valence electrons. The van der Waals surface area contributed by atoms with Crippen LogP contribution in [0.5, 0.6) is 0 Å². The summed E-state index contributed by atoms with van der Waals surface area (Å²) in [6.45, 7) is 1.64. The number of hydrogen-bond donors (Lipinski definition) is 0. The molecule has 1 amide bonds. The molecule has 1 atom stereocenters. The molecule has 0 fully saturated rings. The summed E-state index contributed by atoms with van der Waals surface area (Å²) in [6.07, 6.45) is 1.03. The van der Waals surface area contributed by atoms with E-state index in [-0.39, 0.29) is 15.5 Å². The fourth-order valence-electron chi connectivity index (χ4n) is 2.26. The van der Waals surface area contributed by atoms with Crippen LogP contribution in [0.15, 0.2) is 41.3 Å². The van der Waals surface area contributed by atoms with E-state index >= 15 is 0 Å². The first kappa shape index (κ1) is 19.3. The van der Waals surface area contributed by atoms with Crippen LogP contribution in [0.1, 0.15) is 28.9 Å². The second-order valence-corrected chi connectivity index (χ2v) is 8.10. The molecule has 25 heavy (non-hydrogen) atoms. The van der Waals surface area contributed by atoms with Crippen LogP contribution in [0, 0.1) is 11.6 Å². The van der Waals surface area contributed by atoms with Crippen molar-refractivity contribution >= 4 is 27.3 Å². The molecule has 0 aliphatic heterocycles. The number of amides is 1. The van der Waals surface area contributed by atoms with Crippen molar-refractivity contribution in [1.29, 1.82) is 0 Å². The molecular weight excluding hydrogens is 372 g/mol. The van der Waals surface area contributed by atoms with Crippen molar-refractivity contribution < 1.29 is 22.0 Å². The van der Waals surface area contributed by atoms with Crippen LogP contribution in [0.4, 0.5) is 8.78 Å². The Morgan fingerprint density at radius 2 is 1.76 bits per heavy atom. The number of sulfone groups is 1. The van der Waals surface area contributed by atoms with Gasteiger partial charge in [-0.1, -0.05) is 17.7 Å². The highest BCUT2D eigenvalue weighted by molar-refractivity contribution is 7.90. The summed E-state index contributed by atoms with van der Waals surface area (Å²) in [6, 6.07) is 6.64. The summed E-state index contributed by atoms with van der Waals surface area (Å²) < 4.78 is 49.8. The quantitative estimate of drug-likeness (QED) is 0.800. The topological polar surface area (TPSA) is 54.5 Å². The molecule has 0 aliphatic rings. The number of nitrogens with zero attached hydrogens (tertiary/aromatic N) is 1. The van der Waals surface area contributed by atoms with E-state index in [9.17, 15) is 22.0 Å². The molecule has 4 nitrogen and oxygen atoms in total. The number of carbonyl (C=O) groups is 1. The van der Waals surface area contributed by atoms with Crippen molar-refractivity contribution in [3.63, 3.8) is 0 Å². The Labute approximate surface area is 149 Å². The number of rotatable bonds is 4. The first-order valence-electron chi connectivity index (χ1n) is 7.24. The minimum absolute atomic E-state index is 0.0153. The van der Waals surface area contributed by atoms with Gasteiger partial charge in [0.15, 0.2) is 21.5 Å². The maximum Gasteiger partial charge on any atom is 0.255 e. The van der Waals surface area contributed by atoms with Crippen LogP contribution in [0.25, 0.3) is 0 Å². The van der Waals surface area contributed by atoms with E-state index in [4.69, 9.17) is 11.6 Å². The van der Waals surface area contributed by atoms with Crippen molar-refractivity contribution in [1.82, 2.24) is 4.90 Å². The van der Waals surface area contributed by atoms with Crippen molar-refractivity contribution in [2.45, 2.75) is 17.9 Å². The molecule has 0 aromatic heterocycles. The zero-order valence-electron chi connectivity index (χ0n) is 13.8. The summed E-state index contributed by atoms with van der Waals surface area (Å²) in [5.41, 5.74) is 0.409.